The van der Waals surface area contributed by atoms with Crippen LogP contribution in [0.3, 0.4) is 0 Å². The van der Waals surface area contributed by atoms with E-state index >= 15 is 0 Å². The summed E-state index contributed by atoms with van der Waals surface area (Å²) in [6.45, 7) is 2.08. The number of pyridine rings is 1. The molecule has 0 saturated carbocycles. The molecule has 0 saturated heterocycles. The van der Waals surface area contributed by atoms with Crippen LogP contribution < -0.4 is 9.30 Å². The standard InChI is InChI=1S/C18H18NO4/c1-2-22-17(20)13-8-10-15-9-6-7-14-19(15)18(21)23-16-11-4-3-5-12-16/h3-9,11-14H,2,10H2,1H3/q+1/b13-8+. The third kappa shape index (κ3) is 5.07. The lowest BCUT2D eigenvalue weighted by atomic mass is 10.2. The molecule has 0 N–H and O–H groups in total. The number of esters is 1. The lowest BCUT2D eigenvalue weighted by molar-refractivity contribution is -0.590. The van der Waals surface area contributed by atoms with Crippen LogP contribution in [-0.2, 0) is 16.0 Å². The zero-order valence-electron chi connectivity index (χ0n) is 12.8. The molecule has 1 heterocycles. The highest BCUT2D eigenvalue weighted by Gasteiger charge is 2.21. The second-order valence-electron chi connectivity index (χ2n) is 4.60. The molecular weight excluding hydrogens is 294 g/mol. The second kappa shape index (κ2) is 8.48. The monoisotopic (exact) mass is 312 g/mol. The van der Waals surface area contributed by atoms with Crippen molar-refractivity contribution in [2.24, 2.45) is 0 Å². The number of rotatable bonds is 5. The van der Waals surface area contributed by atoms with Crippen molar-refractivity contribution in [3.05, 3.63) is 72.6 Å². The molecule has 5 nitrogen and oxygen atoms in total. The van der Waals surface area contributed by atoms with Gasteiger partial charge in [-0.3, -0.25) is 0 Å². The first kappa shape index (κ1) is 16.4. The van der Waals surface area contributed by atoms with Crippen LogP contribution in [0, 0.1) is 0 Å². The number of hydrogen-bond acceptors (Lipinski definition) is 4. The maximum Gasteiger partial charge on any atom is 0.607 e. The Kier molecular flexibility index (Phi) is 6.06. The molecular formula is C18H18NO4+. The summed E-state index contributed by atoms with van der Waals surface area (Å²) >= 11 is 0. The van der Waals surface area contributed by atoms with Crippen LogP contribution in [0.15, 0.2) is 66.9 Å². The zero-order valence-corrected chi connectivity index (χ0v) is 12.8. The molecule has 0 amide bonds. The Bertz CT molecular complexity index is 695. The smallest absolute Gasteiger partial charge is 0.463 e. The fraction of sp³-hybridized carbons (Fsp3) is 0.167. The van der Waals surface area contributed by atoms with Crippen molar-refractivity contribution in [1.29, 1.82) is 0 Å². The van der Waals surface area contributed by atoms with Crippen molar-refractivity contribution in [1.82, 2.24) is 0 Å². The van der Waals surface area contributed by atoms with Gasteiger partial charge in [-0.1, -0.05) is 34.9 Å². The maximum absolute atomic E-state index is 12.3. The lowest BCUT2D eigenvalue weighted by Gasteiger charge is -2.01. The predicted octanol–water partition coefficient (Wildman–Crippen LogP) is 2.68. The number of carbonyl (C=O) groups excluding carboxylic acids is 2. The Hall–Kier alpha value is -2.95. The molecule has 0 fully saturated rings. The maximum atomic E-state index is 12.3. The lowest BCUT2D eigenvalue weighted by Crippen LogP contribution is -2.48. The molecule has 0 aliphatic heterocycles. The molecule has 0 spiro atoms. The molecule has 0 aliphatic carbocycles. The summed E-state index contributed by atoms with van der Waals surface area (Å²) in [6.07, 6.45) is 4.53. The van der Waals surface area contributed by atoms with Gasteiger partial charge in [-0.2, -0.15) is 4.79 Å². The van der Waals surface area contributed by atoms with Crippen molar-refractivity contribution >= 4 is 12.1 Å². The van der Waals surface area contributed by atoms with Crippen LogP contribution in [0.25, 0.3) is 0 Å². The van der Waals surface area contributed by atoms with Crippen molar-refractivity contribution in [2.45, 2.75) is 13.3 Å². The van der Waals surface area contributed by atoms with Gasteiger partial charge in [-0.25, -0.2) is 4.79 Å². The first-order valence-corrected chi connectivity index (χ1v) is 7.30. The van der Waals surface area contributed by atoms with Crippen LogP contribution in [0.2, 0.25) is 0 Å². The normalized spacial score (nSPS) is 10.5. The average molecular weight is 312 g/mol. The number of para-hydroxylation sites is 1. The summed E-state index contributed by atoms with van der Waals surface area (Å²) in [5.74, 6) is 0.0729. The van der Waals surface area contributed by atoms with Gasteiger partial charge in [0.1, 0.15) is 5.75 Å². The van der Waals surface area contributed by atoms with Gasteiger partial charge in [0, 0.05) is 18.2 Å². The summed E-state index contributed by atoms with van der Waals surface area (Å²) in [5, 5.41) is 0. The molecule has 0 bridgehead atoms. The van der Waals surface area contributed by atoms with Gasteiger partial charge >= 0.3 is 12.1 Å². The van der Waals surface area contributed by atoms with E-state index in [0.29, 0.717) is 24.5 Å². The minimum absolute atomic E-state index is 0.331. The fourth-order valence-corrected chi connectivity index (χ4v) is 1.93. The predicted molar refractivity (Wildman–Crippen MR) is 84.0 cm³/mol. The average Bonchev–Trinajstić information content (AvgIpc) is 2.56. The Morgan fingerprint density at radius 2 is 1.83 bits per heavy atom. The van der Waals surface area contributed by atoms with Crippen molar-refractivity contribution in [3.8, 4) is 5.75 Å². The van der Waals surface area contributed by atoms with E-state index in [2.05, 4.69) is 0 Å². The van der Waals surface area contributed by atoms with Gasteiger partial charge in [0.05, 0.1) is 13.0 Å². The van der Waals surface area contributed by atoms with Gasteiger partial charge in [0.15, 0.2) is 11.9 Å². The number of carbonyl (C=O) groups is 2. The highest BCUT2D eigenvalue weighted by molar-refractivity contribution is 5.81. The SMILES string of the molecule is CCOC(=O)/C=C/Cc1cccc[n+]1C(=O)Oc1ccccc1. The summed E-state index contributed by atoms with van der Waals surface area (Å²) < 4.78 is 11.5. The Morgan fingerprint density at radius 1 is 1.09 bits per heavy atom. The number of allylic oxidation sites excluding steroid dienone is 1. The van der Waals surface area contributed by atoms with Crippen LogP contribution in [0.4, 0.5) is 4.79 Å². The summed E-state index contributed by atoms with van der Waals surface area (Å²) in [6, 6.07) is 14.2. The molecule has 118 valence electrons. The zero-order chi connectivity index (χ0) is 16.5. The highest BCUT2D eigenvalue weighted by atomic mass is 16.6. The van der Waals surface area contributed by atoms with E-state index in [1.54, 1.807) is 55.6 Å². The van der Waals surface area contributed by atoms with Crippen LogP contribution in [0.1, 0.15) is 12.6 Å². The molecule has 0 radical (unpaired) electrons. The van der Waals surface area contributed by atoms with Gasteiger partial charge in [0.2, 0.25) is 0 Å². The summed E-state index contributed by atoms with van der Waals surface area (Å²) in [5.41, 5.74) is 0.703. The van der Waals surface area contributed by atoms with Crippen LogP contribution in [0.5, 0.6) is 5.75 Å². The number of nitrogens with zero attached hydrogens (tertiary/aromatic N) is 1. The molecule has 5 heteroatoms. The number of hydrogen-bond donors (Lipinski definition) is 0. The number of benzene rings is 1. The third-order valence-electron chi connectivity index (χ3n) is 2.96. The van der Waals surface area contributed by atoms with E-state index in [1.165, 1.54) is 10.6 Å². The Labute approximate surface area is 134 Å². The highest BCUT2D eigenvalue weighted by Crippen LogP contribution is 2.08. The Balaban J connectivity index is 2.08. The van der Waals surface area contributed by atoms with E-state index in [4.69, 9.17) is 9.47 Å². The van der Waals surface area contributed by atoms with Crippen molar-refractivity contribution in [3.63, 3.8) is 0 Å². The molecule has 1 aromatic carbocycles. The van der Waals surface area contributed by atoms with E-state index in [9.17, 15) is 9.59 Å². The quantitative estimate of drug-likeness (QED) is 0.484. The van der Waals surface area contributed by atoms with Gasteiger partial charge in [0.25, 0.3) is 0 Å². The molecule has 0 unspecified atom stereocenters. The van der Waals surface area contributed by atoms with Crippen LogP contribution in [-0.4, -0.2) is 18.7 Å². The third-order valence-corrected chi connectivity index (χ3v) is 2.96. The first-order chi connectivity index (χ1) is 11.2. The van der Waals surface area contributed by atoms with E-state index in [0.717, 1.165) is 0 Å². The van der Waals surface area contributed by atoms with Crippen LogP contribution >= 0.6 is 0 Å². The number of ether oxygens (including phenoxy) is 2. The largest absolute Gasteiger partial charge is 0.607 e. The van der Waals surface area contributed by atoms with Crippen molar-refractivity contribution in [2.75, 3.05) is 6.61 Å². The van der Waals surface area contributed by atoms with Gasteiger partial charge < -0.3 is 9.47 Å². The van der Waals surface area contributed by atoms with Gasteiger partial charge in [-0.15, -0.1) is 0 Å². The summed E-state index contributed by atoms with van der Waals surface area (Å²) in [7, 11) is 0. The second-order valence-corrected chi connectivity index (χ2v) is 4.60. The van der Waals surface area contributed by atoms with E-state index in [1.807, 2.05) is 12.1 Å². The molecule has 2 rings (SSSR count). The molecule has 1 aromatic heterocycles. The minimum atomic E-state index is -0.503. The molecule has 0 aliphatic rings. The summed E-state index contributed by atoms with van der Waals surface area (Å²) in [4.78, 5) is 23.5. The fourth-order valence-electron chi connectivity index (χ4n) is 1.93. The van der Waals surface area contributed by atoms with E-state index in [-0.39, 0.29) is 0 Å². The first-order valence-electron chi connectivity index (χ1n) is 7.30. The Morgan fingerprint density at radius 3 is 2.57 bits per heavy atom. The number of aromatic nitrogens is 1. The molecule has 23 heavy (non-hydrogen) atoms. The minimum Gasteiger partial charge on any atom is -0.463 e. The molecule has 0 atom stereocenters. The van der Waals surface area contributed by atoms with Crippen molar-refractivity contribution < 1.29 is 23.6 Å². The van der Waals surface area contributed by atoms with Gasteiger partial charge in [-0.05, 0) is 19.1 Å². The van der Waals surface area contributed by atoms with E-state index < -0.39 is 12.1 Å². The molecule has 2 aromatic rings. The topological polar surface area (TPSA) is 56.5 Å².